The van der Waals surface area contributed by atoms with Crippen molar-refractivity contribution in [3.05, 3.63) is 12.2 Å². The Bertz CT molecular complexity index is 544. The van der Waals surface area contributed by atoms with Crippen LogP contribution in [0.2, 0.25) is 0 Å². The molecule has 5 nitrogen and oxygen atoms in total. The summed E-state index contributed by atoms with van der Waals surface area (Å²) in [7, 11) is 0. The van der Waals surface area contributed by atoms with Crippen LogP contribution in [-0.2, 0) is 14.4 Å². The van der Waals surface area contributed by atoms with Crippen LogP contribution >= 0.6 is 0 Å². The molecular formula is C20H30F2O5. The van der Waals surface area contributed by atoms with Crippen molar-refractivity contribution in [3.8, 4) is 0 Å². The number of aliphatic carboxylic acids is 1. The molecule has 27 heavy (non-hydrogen) atoms. The fraction of sp³-hybridized carbons (Fsp3) is 0.750. The van der Waals surface area contributed by atoms with Gasteiger partial charge in [-0.15, -0.1) is 0 Å². The Morgan fingerprint density at radius 1 is 1.22 bits per heavy atom. The molecule has 1 fully saturated rings. The first-order chi connectivity index (χ1) is 12.7. The minimum absolute atomic E-state index is 0.0113. The number of carbonyl (C=O) groups is 3. The second-order valence-electron chi connectivity index (χ2n) is 7.27. The summed E-state index contributed by atoms with van der Waals surface area (Å²) in [5.74, 6) is -6.42. The molecule has 2 N–H and O–H groups in total. The minimum Gasteiger partial charge on any atom is -0.481 e. The van der Waals surface area contributed by atoms with E-state index in [9.17, 15) is 28.3 Å². The second-order valence-corrected chi connectivity index (χ2v) is 7.27. The molecule has 0 unspecified atom stereocenters. The maximum Gasteiger partial charge on any atom is 0.305 e. The van der Waals surface area contributed by atoms with Gasteiger partial charge in [-0.1, -0.05) is 25.5 Å². The molecule has 0 spiro atoms. The number of hydrogen-bond donors (Lipinski definition) is 2. The monoisotopic (exact) mass is 388 g/mol. The Kier molecular flexibility index (Phi) is 9.77. The van der Waals surface area contributed by atoms with Gasteiger partial charge in [0.15, 0.2) is 0 Å². The van der Waals surface area contributed by atoms with Gasteiger partial charge in [-0.25, -0.2) is 0 Å². The molecule has 0 aromatic rings. The molecule has 7 heteroatoms. The van der Waals surface area contributed by atoms with Crippen LogP contribution in [0.5, 0.6) is 0 Å². The summed E-state index contributed by atoms with van der Waals surface area (Å²) in [4.78, 5) is 34.4. The van der Waals surface area contributed by atoms with Gasteiger partial charge in [0.25, 0.3) is 0 Å². The lowest BCUT2D eigenvalue weighted by Gasteiger charge is -2.21. The molecule has 0 saturated heterocycles. The minimum atomic E-state index is -3.34. The molecule has 1 saturated carbocycles. The van der Waals surface area contributed by atoms with Crippen molar-refractivity contribution in [3.63, 3.8) is 0 Å². The predicted molar refractivity (Wildman–Crippen MR) is 96.6 cm³/mol. The van der Waals surface area contributed by atoms with Gasteiger partial charge in [0.05, 0.1) is 6.10 Å². The summed E-state index contributed by atoms with van der Waals surface area (Å²) in [5.41, 5.74) is 0. The van der Waals surface area contributed by atoms with Gasteiger partial charge in [0.1, 0.15) is 5.78 Å². The third kappa shape index (κ3) is 7.87. The third-order valence-electron chi connectivity index (χ3n) is 5.11. The van der Waals surface area contributed by atoms with E-state index in [0.717, 1.165) is 0 Å². The standard InChI is InChI=1S/C20H30F2O5/c1-2-3-12-20(21,22)18(25)11-10-15-14(16(23)13-17(15)24)8-6-4-5-7-9-19(26)27/h4,6,14-15,17,24H,2-3,5,7-13H2,1H3,(H,26,27)/t14-,15-,17-/m1/s1. The van der Waals surface area contributed by atoms with Gasteiger partial charge >= 0.3 is 11.9 Å². The molecule has 3 atom stereocenters. The molecule has 0 aromatic carbocycles. The molecule has 1 aliphatic rings. The number of rotatable bonds is 13. The van der Waals surface area contributed by atoms with Crippen molar-refractivity contribution in [1.29, 1.82) is 0 Å². The lowest BCUT2D eigenvalue weighted by molar-refractivity contribution is -0.144. The van der Waals surface area contributed by atoms with E-state index in [4.69, 9.17) is 5.11 Å². The Labute approximate surface area is 158 Å². The molecule has 0 bridgehead atoms. The lowest BCUT2D eigenvalue weighted by Crippen LogP contribution is -2.30. The van der Waals surface area contributed by atoms with Crippen molar-refractivity contribution < 1.29 is 33.4 Å². The van der Waals surface area contributed by atoms with Crippen molar-refractivity contribution in [2.45, 2.75) is 83.2 Å². The summed E-state index contributed by atoms with van der Waals surface area (Å²) >= 11 is 0. The highest BCUT2D eigenvalue weighted by molar-refractivity contribution is 5.86. The number of unbranched alkanes of at least 4 members (excludes halogenated alkanes) is 2. The normalized spacial score (nSPS) is 23.3. The molecule has 154 valence electrons. The first-order valence-electron chi connectivity index (χ1n) is 9.67. The van der Waals surface area contributed by atoms with Crippen LogP contribution in [-0.4, -0.2) is 39.8 Å². The van der Waals surface area contributed by atoms with Crippen molar-refractivity contribution in [2.75, 3.05) is 0 Å². The summed E-state index contributed by atoms with van der Waals surface area (Å²) < 4.78 is 27.6. The number of carboxylic acid groups (broad SMARTS) is 1. The molecular weight excluding hydrogens is 358 g/mol. The summed E-state index contributed by atoms with van der Waals surface area (Å²) in [6, 6.07) is 0. The molecule has 0 amide bonds. The van der Waals surface area contributed by atoms with Crippen LogP contribution < -0.4 is 0 Å². The molecule has 0 aliphatic heterocycles. The zero-order valence-electron chi connectivity index (χ0n) is 15.8. The van der Waals surface area contributed by atoms with E-state index in [2.05, 4.69) is 0 Å². The van der Waals surface area contributed by atoms with Crippen LogP contribution in [0, 0.1) is 11.8 Å². The molecule has 1 aliphatic carbocycles. The number of carboxylic acids is 1. The Morgan fingerprint density at radius 3 is 2.56 bits per heavy atom. The first kappa shape index (κ1) is 23.4. The van der Waals surface area contributed by atoms with Crippen LogP contribution in [0.3, 0.4) is 0 Å². The van der Waals surface area contributed by atoms with Gasteiger partial charge in [-0.3, -0.25) is 14.4 Å². The number of carbonyl (C=O) groups excluding carboxylic acids is 2. The molecule has 1 rings (SSSR count). The van der Waals surface area contributed by atoms with Crippen LogP contribution in [0.1, 0.15) is 71.1 Å². The highest BCUT2D eigenvalue weighted by Crippen LogP contribution is 2.36. The third-order valence-corrected chi connectivity index (χ3v) is 5.11. The van der Waals surface area contributed by atoms with E-state index in [0.29, 0.717) is 25.7 Å². The zero-order valence-corrected chi connectivity index (χ0v) is 15.8. The number of ketones is 2. The average Bonchev–Trinajstić information content (AvgIpc) is 2.86. The maximum atomic E-state index is 13.8. The summed E-state index contributed by atoms with van der Waals surface area (Å²) in [6.07, 6.45) is 4.29. The lowest BCUT2D eigenvalue weighted by atomic mass is 9.86. The highest BCUT2D eigenvalue weighted by atomic mass is 19.3. The van der Waals surface area contributed by atoms with E-state index < -0.39 is 42.0 Å². The van der Waals surface area contributed by atoms with Crippen molar-refractivity contribution >= 4 is 17.5 Å². The van der Waals surface area contributed by atoms with Crippen molar-refractivity contribution in [2.24, 2.45) is 11.8 Å². The zero-order chi connectivity index (χ0) is 20.4. The Morgan fingerprint density at radius 2 is 1.93 bits per heavy atom. The van der Waals surface area contributed by atoms with Crippen LogP contribution in [0.15, 0.2) is 12.2 Å². The number of Topliss-reactive ketones (excluding diaryl/α,β-unsaturated/α-hetero) is 2. The quantitative estimate of drug-likeness (QED) is 0.368. The molecule has 0 radical (unpaired) electrons. The molecule has 0 aromatic heterocycles. The number of aliphatic hydroxyl groups is 1. The summed E-state index contributed by atoms with van der Waals surface area (Å²) in [6.45, 7) is 1.78. The van der Waals surface area contributed by atoms with Gasteiger partial charge in [-0.2, -0.15) is 8.78 Å². The van der Waals surface area contributed by atoms with Gasteiger partial charge in [0, 0.05) is 31.6 Å². The highest BCUT2D eigenvalue weighted by Gasteiger charge is 2.43. The van der Waals surface area contributed by atoms with E-state index >= 15 is 0 Å². The van der Waals surface area contributed by atoms with E-state index in [1.165, 1.54) is 0 Å². The number of aliphatic hydroxyl groups excluding tert-OH is 1. The van der Waals surface area contributed by atoms with Gasteiger partial charge in [-0.05, 0) is 38.0 Å². The summed E-state index contributed by atoms with van der Waals surface area (Å²) in [5, 5.41) is 18.7. The van der Waals surface area contributed by atoms with E-state index in [-0.39, 0.29) is 37.9 Å². The average molecular weight is 388 g/mol. The fourth-order valence-corrected chi connectivity index (χ4v) is 3.47. The fourth-order valence-electron chi connectivity index (χ4n) is 3.47. The second kappa shape index (κ2) is 11.3. The first-order valence-corrected chi connectivity index (χ1v) is 9.67. The van der Waals surface area contributed by atoms with Crippen LogP contribution in [0.25, 0.3) is 0 Å². The number of hydrogen-bond acceptors (Lipinski definition) is 4. The van der Waals surface area contributed by atoms with Gasteiger partial charge in [0.2, 0.25) is 5.78 Å². The molecule has 0 heterocycles. The van der Waals surface area contributed by atoms with E-state index in [1.807, 2.05) is 0 Å². The Hall–Kier alpha value is -1.63. The van der Waals surface area contributed by atoms with Crippen LogP contribution in [0.4, 0.5) is 8.78 Å². The maximum absolute atomic E-state index is 13.8. The van der Waals surface area contributed by atoms with Crippen molar-refractivity contribution in [1.82, 2.24) is 0 Å². The number of halogens is 2. The largest absolute Gasteiger partial charge is 0.481 e. The van der Waals surface area contributed by atoms with E-state index in [1.54, 1.807) is 19.1 Å². The topological polar surface area (TPSA) is 91.7 Å². The predicted octanol–water partition coefficient (Wildman–Crippen LogP) is 3.93. The van der Waals surface area contributed by atoms with Gasteiger partial charge < -0.3 is 10.2 Å². The SMILES string of the molecule is CCCCC(F)(F)C(=O)CC[C@H]1[C@H](O)CC(=O)[C@@H]1CC=CCCCC(=O)O. The number of alkyl halides is 2. The number of allylic oxidation sites excluding steroid dienone is 2. The smallest absolute Gasteiger partial charge is 0.305 e. The Balaban J connectivity index is 2.53.